The van der Waals surface area contributed by atoms with Gasteiger partial charge in [0.05, 0.1) is 6.54 Å². The first-order valence-corrected chi connectivity index (χ1v) is 12.1. The number of hydrogen-bond acceptors (Lipinski definition) is 7. The van der Waals surface area contributed by atoms with E-state index in [4.69, 9.17) is 14.0 Å². The highest BCUT2D eigenvalue weighted by Gasteiger charge is 2.31. The number of ether oxygens (including phenoxy) is 3. The maximum atomic E-state index is 13.5. The summed E-state index contributed by atoms with van der Waals surface area (Å²) in [5.74, 6) is -0.726. The molecule has 212 valence electrons. The summed E-state index contributed by atoms with van der Waals surface area (Å²) in [5, 5.41) is 6.44. The highest BCUT2D eigenvalue weighted by molar-refractivity contribution is 5.95. The maximum Gasteiger partial charge on any atom is 0.573 e. The summed E-state index contributed by atoms with van der Waals surface area (Å²) in [7, 11) is 0. The normalized spacial score (nSPS) is 12.2. The van der Waals surface area contributed by atoms with Crippen LogP contribution in [0.3, 0.4) is 0 Å². The number of benzene rings is 3. The largest absolute Gasteiger partial charge is 0.573 e. The number of hydrogen-bond donors (Lipinski definition) is 1. The van der Waals surface area contributed by atoms with Crippen LogP contribution in [0.1, 0.15) is 37.7 Å². The monoisotopic (exact) mass is 571 g/mol. The zero-order chi connectivity index (χ0) is 29.0. The van der Waals surface area contributed by atoms with Crippen LogP contribution in [0.5, 0.6) is 17.2 Å². The van der Waals surface area contributed by atoms with E-state index >= 15 is 0 Å². The Kier molecular flexibility index (Phi) is 7.77. The Labute approximate surface area is 230 Å². The molecule has 0 radical (unpaired) electrons. The molecule has 2 heterocycles. The second-order valence-corrected chi connectivity index (χ2v) is 8.91. The third kappa shape index (κ3) is 7.12. The van der Waals surface area contributed by atoms with Gasteiger partial charge in [-0.2, -0.15) is 0 Å². The van der Waals surface area contributed by atoms with Gasteiger partial charge in [0, 0.05) is 24.7 Å². The predicted molar refractivity (Wildman–Crippen MR) is 133 cm³/mol. The number of aromatic nitrogens is 1. The van der Waals surface area contributed by atoms with E-state index in [1.165, 1.54) is 53.4 Å². The lowest BCUT2D eigenvalue weighted by Crippen LogP contribution is -2.30. The minimum Gasteiger partial charge on any atom is -0.454 e. The van der Waals surface area contributed by atoms with Gasteiger partial charge in [0.15, 0.2) is 23.0 Å². The van der Waals surface area contributed by atoms with Crippen molar-refractivity contribution in [3.63, 3.8) is 0 Å². The molecule has 0 aliphatic carbocycles. The molecule has 1 aromatic heterocycles. The lowest BCUT2D eigenvalue weighted by Gasteiger charge is -2.22. The molecule has 0 fully saturated rings. The Balaban J connectivity index is 1.31. The van der Waals surface area contributed by atoms with E-state index in [1.807, 2.05) is 0 Å². The standard InChI is InChI=1S/C28H21F4N3O6/c29-20-6-1-17(2-7-20)13-33-26(36)23-12-22(41-34-23)15-35(14-18-3-8-21(9-4-18)40-28(30,31)32)27(37)19-5-10-24-25(11-19)39-16-38-24/h1-12H,13-16H2,(H,33,36). The van der Waals surface area contributed by atoms with Gasteiger partial charge >= 0.3 is 6.36 Å². The lowest BCUT2D eigenvalue weighted by atomic mass is 10.1. The molecule has 9 nitrogen and oxygen atoms in total. The van der Waals surface area contributed by atoms with Gasteiger partial charge in [-0.1, -0.05) is 29.4 Å². The van der Waals surface area contributed by atoms with Gasteiger partial charge < -0.3 is 29.0 Å². The fourth-order valence-electron chi connectivity index (χ4n) is 3.99. The number of alkyl halides is 3. The number of carbonyl (C=O) groups excluding carboxylic acids is 2. The number of halogens is 4. The van der Waals surface area contributed by atoms with Crippen molar-refractivity contribution in [1.29, 1.82) is 0 Å². The molecule has 1 aliphatic rings. The summed E-state index contributed by atoms with van der Waals surface area (Å²) in [5.41, 5.74) is 1.41. The molecule has 13 heteroatoms. The minimum absolute atomic E-state index is 0.0209. The van der Waals surface area contributed by atoms with Crippen LogP contribution in [-0.2, 0) is 19.6 Å². The van der Waals surface area contributed by atoms with E-state index in [9.17, 15) is 27.2 Å². The number of carbonyl (C=O) groups is 2. The highest BCUT2D eigenvalue weighted by atomic mass is 19.4. The molecule has 41 heavy (non-hydrogen) atoms. The van der Waals surface area contributed by atoms with E-state index in [0.717, 1.165) is 12.1 Å². The number of nitrogens with zero attached hydrogens (tertiary/aromatic N) is 2. The summed E-state index contributed by atoms with van der Waals surface area (Å²) < 4.78 is 70.6. The van der Waals surface area contributed by atoms with E-state index in [1.54, 1.807) is 12.1 Å². The Morgan fingerprint density at radius 3 is 2.34 bits per heavy atom. The predicted octanol–water partition coefficient (Wildman–Crippen LogP) is 5.21. The Morgan fingerprint density at radius 1 is 0.902 bits per heavy atom. The fraction of sp³-hybridized carbons (Fsp3) is 0.179. The van der Waals surface area contributed by atoms with Crippen LogP contribution >= 0.6 is 0 Å². The van der Waals surface area contributed by atoms with Crippen LogP contribution < -0.4 is 19.5 Å². The van der Waals surface area contributed by atoms with Crippen molar-refractivity contribution in [3.8, 4) is 17.2 Å². The molecule has 4 aromatic rings. The maximum absolute atomic E-state index is 13.5. The summed E-state index contributed by atoms with van der Waals surface area (Å²) in [6.45, 7) is 0.00979. The first kappa shape index (κ1) is 27.5. The number of fused-ring (bicyclic) bond motifs is 1. The molecule has 0 spiro atoms. The summed E-state index contributed by atoms with van der Waals surface area (Å²) in [6.07, 6.45) is -4.84. The molecular weight excluding hydrogens is 550 g/mol. The molecular formula is C28H21F4N3O6. The van der Waals surface area contributed by atoms with E-state index in [0.29, 0.717) is 22.6 Å². The third-order valence-corrected chi connectivity index (χ3v) is 5.94. The summed E-state index contributed by atoms with van der Waals surface area (Å²) in [6, 6.07) is 16.7. The first-order valence-electron chi connectivity index (χ1n) is 12.1. The molecule has 1 N–H and O–H groups in total. The van der Waals surface area contributed by atoms with Crippen LogP contribution in [0, 0.1) is 5.82 Å². The van der Waals surface area contributed by atoms with Crippen molar-refractivity contribution >= 4 is 11.8 Å². The SMILES string of the molecule is O=C(NCc1ccc(F)cc1)c1cc(CN(Cc2ccc(OC(F)(F)F)cc2)C(=O)c2ccc3c(c2)OCO3)on1. The molecule has 2 amide bonds. The van der Waals surface area contributed by atoms with E-state index in [-0.39, 0.29) is 43.4 Å². The van der Waals surface area contributed by atoms with Crippen molar-refractivity contribution in [2.45, 2.75) is 26.0 Å². The molecule has 5 rings (SSSR count). The molecule has 0 unspecified atom stereocenters. The topological polar surface area (TPSA) is 103 Å². The second kappa shape index (κ2) is 11.6. The molecule has 3 aromatic carbocycles. The first-order chi connectivity index (χ1) is 19.6. The van der Waals surface area contributed by atoms with E-state index < -0.39 is 29.7 Å². The van der Waals surface area contributed by atoms with Gasteiger partial charge in [0.1, 0.15) is 11.6 Å². The third-order valence-electron chi connectivity index (χ3n) is 5.94. The average Bonchev–Trinajstić information content (AvgIpc) is 3.61. The molecule has 0 saturated heterocycles. The Bertz CT molecular complexity index is 1540. The second-order valence-electron chi connectivity index (χ2n) is 8.91. The van der Waals surface area contributed by atoms with Gasteiger partial charge in [-0.3, -0.25) is 9.59 Å². The number of nitrogens with one attached hydrogen (secondary N) is 1. The Hall–Kier alpha value is -5.07. The smallest absolute Gasteiger partial charge is 0.454 e. The number of rotatable bonds is 9. The van der Waals surface area contributed by atoms with Gasteiger partial charge in [0.25, 0.3) is 11.8 Å². The fourth-order valence-corrected chi connectivity index (χ4v) is 3.99. The van der Waals surface area contributed by atoms with Gasteiger partial charge in [-0.15, -0.1) is 13.2 Å². The quantitative estimate of drug-likeness (QED) is 0.275. The van der Waals surface area contributed by atoms with Crippen molar-refractivity contribution in [2.24, 2.45) is 0 Å². The zero-order valence-corrected chi connectivity index (χ0v) is 21.1. The van der Waals surface area contributed by atoms with Crippen molar-refractivity contribution < 1.29 is 45.9 Å². The van der Waals surface area contributed by atoms with E-state index in [2.05, 4.69) is 15.2 Å². The summed E-state index contributed by atoms with van der Waals surface area (Å²) >= 11 is 0. The van der Waals surface area contributed by atoms with Crippen molar-refractivity contribution in [2.75, 3.05) is 6.79 Å². The number of amides is 2. The van der Waals surface area contributed by atoms with Crippen LogP contribution in [0.2, 0.25) is 0 Å². The van der Waals surface area contributed by atoms with Crippen LogP contribution in [-0.4, -0.2) is 35.0 Å². The highest BCUT2D eigenvalue weighted by Crippen LogP contribution is 2.33. The Morgan fingerprint density at radius 2 is 1.61 bits per heavy atom. The van der Waals surface area contributed by atoms with Crippen LogP contribution in [0.25, 0.3) is 0 Å². The van der Waals surface area contributed by atoms with Gasteiger partial charge in [-0.05, 0) is 53.6 Å². The molecule has 0 bridgehead atoms. The van der Waals surface area contributed by atoms with Gasteiger partial charge in [0.2, 0.25) is 6.79 Å². The lowest BCUT2D eigenvalue weighted by molar-refractivity contribution is -0.274. The van der Waals surface area contributed by atoms with Crippen LogP contribution in [0.4, 0.5) is 17.6 Å². The molecule has 1 aliphatic heterocycles. The molecule has 0 saturated carbocycles. The zero-order valence-electron chi connectivity index (χ0n) is 21.1. The average molecular weight is 571 g/mol. The van der Waals surface area contributed by atoms with Crippen molar-refractivity contribution in [3.05, 3.63) is 107 Å². The van der Waals surface area contributed by atoms with Crippen molar-refractivity contribution in [1.82, 2.24) is 15.4 Å². The molecule has 0 atom stereocenters. The van der Waals surface area contributed by atoms with Gasteiger partial charge in [-0.25, -0.2) is 4.39 Å². The van der Waals surface area contributed by atoms with Crippen LogP contribution in [0.15, 0.2) is 77.3 Å². The minimum atomic E-state index is -4.84. The summed E-state index contributed by atoms with van der Waals surface area (Å²) in [4.78, 5) is 27.5.